The molecule has 0 radical (unpaired) electrons. The Labute approximate surface area is 120 Å². The largest absolute Gasteiger partial charge is 0.336 e. The van der Waals surface area contributed by atoms with E-state index in [1.807, 2.05) is 25.7 Å². The van der Waals surface area contributed by atoms with Gasteiger partial charge in [-0.3, -0.25) is 9.89 Å². The van der Waals surface area contributed by atoms with Crippen molar-refractivity contribution in [3.05, 3.63) is 11.6 Å². The van der Waals surface area contributed by atoms with Crippen LogP contribution in [0.1, 0.15) is 56.5 Å². The third kappa shape index (κ3) is 3.36. The van der Waals surface area contributed by atoms with Gasteiger partial charge in [0.05, 0.1) is 0 Å². The van der Waals surface area contributed by atoms with Gasteiger partial charge in [-0.05, 0) is 31.7 Å². The van der Waals surface area contributed by atoms with Gasteiger partial charge in [0.2, 0.25) is 5.82 Å². The molecule has 20 heavy (non-hydrogen) atoms. The highest BCUT2D eigenvalue weighted by Crippen LogP contribution is 2.21. The zero-order chi connectivity index (χ0) is 14.8. The molecular weight excluding hydrogens is 254 g/mol. The van der Waals surface area contributed by atoms with Gasteiger partial charge < -0.3 is 10.6 Å². The molecule has 3 N–H and O–H groups in total. The molecule has 1 aliphatic heterocycles. The van der Waals surface area contributed by atoms with Crippen molar-refractivity contribution < 1.29 is 4.79 Å². The topological polar surface area (TPSA) is 87.9 Å². The lowest BCUT2D eigenvalue weighted by atomic mass is 9.95. The second-order valence-electron chi connectivity index (χ2n) is 6.59. The summed E-state index contributed by atoms with van der Waals surface area (Å²) >= 11 is 0. The van der Waals surface area contributed by atoms with Crippen LogP contribution in [-0.4, -0.2) is 45.6 Å². The Hall–Kier alpha value is -1.43. The Morgan fingerprint density at radius 3 is 2.85 bits per heavy atom. The van der Waals surface area contributed by atoms with Crippen molar-refractivity contribution in [2.75, 3.05) is 19.6 Å². The van der Waals surface area contributed by atoms with Gasteiger partial charge in [-0.25, -0.2) is 4.98 Å². The van der Waals surface area contributed by atoms with Crippen LogP contribution in [0, 0.1) is 5.92 Å². The number of nitrogens with two attached hydrogens (primary N) is 1. The monoisotopic (exact) mass is 279 g/mol. The van der Waals surface area contributed by atoms with E-state index in [1.54, 1.807) is 0 Å². The first kappa shape index (κ1) is 15.0. The molecule has 1 atom stereocenters. The molecule has 0 aliphatic carbocycles. The van der Waals surface area contributed by atoms with E-state index in [-0.39, 0.29) is 17.1 Å². The van der Waals surface area contributed by atoms with E-state index in [0.29, 0.717) is 12.5 Å². The number of hydrogen-bond acceptors (Lipinski definition) is 4. The van der Waals surface area contributed by atoms with Crippen molar-refractivity contribution in [1.82, 2.24) is 20.1 Å². The molecule has 1 saturated heterocycles. The molecule has 1 aromatic heterocycles. The normalized spacial score (nSPS) is 20.2. The summed E-state index contributed by atoms with van der Waals surface area (Å²) in [6.07, 6.45) is 3.17. The van der Waals surface area contributed by atoms with Crippen molar-refractivity contribution in [3.8, 4) is 0 Å². The van der Waals surface area contributed by atoms with Crippen LogP contribution in [0.2, 0.25) is 0 Å². The molecule has 6 heteroatoms. The number of likely N-dealkylation sites (tertiary alicyclic amines) is 1. The molecule has 6 nitrogen and oxygen atoms in total. The molecule has 0 spiro atoms. The number of amides is 1. The van der Waals surface area contributed by atoms with E-state index in [9.17, 15) is 4.79 Å². The molecule has 1 amide bonds. The summed E-state index contributed by atoms with van der Waals surface area (Å²) in [5.41, 5.74) is 5.48. The van der Waals surface area contributed by atoms with E-state index < -0.39 is 0 Å². The van der Waals surface area contributed by atoms with Crippen molar-refractivity contribution in [1.29, 1.82) is 0 Å². The number of H-pyrrole nitrogens is 1. The summed E-state index contributed by atoms with van der Waals surface area (Å²) in [7, 11) is 0. The molecule has 0 bridgehead atoms. The molecule has 1 aromatic rings. The van der Waals surface area contributed by atoms with Gasteiger partial charge in [-0.1, -0.05) is 20.8 Å². The van der Waals surface area contributed by atoms with Crippen LogP contribution in [0.4, 0.5) is 0 Å². The summed E-state index contributed by atoms with van der Waals surface area (Å²) in [6.45, 7) is 8.37. The fraction of sp³-hybridized carbons (Fsp3) is 0.786. The highest BCUT2D eigenvalue weighted by atomic mass is 16.2. The Balaban J connectivity index is 2.05. The number of piperidine rings is 1. The lowest BCUT2D eigenvalue weighted by molar-refractivity contribution is 0.0657. The SMILES string of the molecule is CC(C)(C)c1nc(C(=O)N2CCCC(CCN)C2)n[nH]1. The maximum atomic E-state index is 12.4. The summed E-state index contributed by atoms with van der Waals surface area (Å²) in [5.74, 6) is 1.47. The van der Waals surface area contributed by atoms with Crippen molar-refractivity contribution in [2.45, 2.75) is 45.4 Å². The molecule has 0 saturated carbocycles. The van der Waals surface area contributed by atoms with Gasteiger partial charge in [0, 0.05) is 18.5 Å². The summed E-state index contributed by atoms with van der Waals surface area (Å²) in [4.78, 5) is 18.6. The smallest absolute Gasteiger partial charge is 0.293 e. The number of aromatic amines is 1. The lowest BCUT2D eigenvalue weighted by Gasteiger charge is -2.31. The predicted octanol–water partition coefficient (Wildman–Crippen LogP) is 1.30. The number of carbonyl (C=O) groups is 1. The number of rotatable bonds is 3. The van der Waals surface area contributed by atoms with Crippen molar-refractivity contribution in [3.63, 3.8) is 0 Å². The third-order valence-electron chi connectivity index (χ3n) is 3.77. The van der Waals surface area contributed by atoms with Gasteiger partial charge >= 0.3 is 0 Å². The zero-order valence-electron chi connectivity index (χ0n) is 12.6. The maximum absolute atomic E-state index is 12.4. The van der Waals surface area contributed by atoms with Gasteiger partial charge in [0.25, 0.3) is 5.91 Å². The Morgan fingerprint density at radius 1 is 1.50 bits per heavy atom. The van der Waals surface area contributed by atoms with Crippen LogP contribution in [0.3, 0.4) is 0 Å². The molecule has 2 heterocycles. The minimum absolute atomic E-state index is 0.0709. The third-order valence-corrected chi connectivity index (χ3v) is 3.77. The fourth-order valence-corrected chi connectivity index (χ4v) is 2.56. The standard InChI is InChI=1S/C14H25N5O/c1-14(2,3)13-16-11(17-18-13)12(20)19-8-4-5-10(9-19)6-7-15/h10H,4-9,15H2,1-3H3,(H,16,17,18). The quantitative estimate of drug-likeness (QED) is 0.873. The first-order valence-corrected chi connectivity index (χ1v) is 7.34. The minimum Gasteiger partial charge on any atom is -0.336 e. The molecule has 112 valence electrons. The Kier molecular flexibility index (Phi) is 4.42. The van der Waals surface area contributed by atoms with E-state index in [4.69, 9.17) is 5.73 Å². The van der Waals surface area contributed by atoms with E-state index >= 15 is 0 Å². The first-order valence-electron chi connectivity index (χ1n) is 7.34. The average Bonchev–Trinajstić information content (AvgIpc) is 2.88. The molecule has 2 rings (SSSR count). The minimum atomic E-state index is -0.129. The number of hydrogen-bond donors (Lipinski definition) is 2. The first-order chi connectivity index (χ1) is 9.41. The predicted molar refractivity (Wildman–Crippen MR) is 77.4 cm³/mol. The van der Waals surface area contributed by atoms with Gasteiger partial charge in [-0.2, -0.15) is 0 Å². The van der Waals surface area contributed by atoms with Crippen LogP contribution >= 0.6 is 0 Å². The number of carbonyl (C=O) groups excluding carboxylic acids is 1. The molecule has 1 fully saturated rings. The maximum Gasteiger partial charge on any atom is 0.293 e. The van der Waals surface area contributed by atoms with E-state index in [0.717, 1.165) is 38.2 Å². The fourth-order valence-electron chi connectivity index (χ4n) is 2.56. The van der Waals surface area contributed by atoms with Gasteiger partial charge in [-0.15, -0.1) is 5.10 Å². The van der Waals surface area contributed by atoms with Gasteiger partial charge in [0.1, 0.15) is 5.82 Å². The summed E-state index contributed by atoms with van der Waals surface area (Å²) in [6, 6.07) is 0. The highest BCUT2D eigenvalue weighted by molar-refractivity contribution is 5.90. The van der Waals surface area contributed by atoms with E-state index in [1.165, 1.54) is 0 Å². The molecule has 1 aliphatic rings. The van der Waals surface area contributed by atoms with Crippen LogP contribution in [0.25, 0.3) is 0 Å². The number of nitrogens with one attached hydrogen (secondary N) is 1. The second-order valence-corrected chi connectivity index (χ2v) is 6.59. The van der Waals surface area contributed by atoms with E-state index in [2.05, 4.69) is 15.2 Å². The van der Waals surface area contributed by atoms with Crippen LogP contribution in [0.5, 0.6) is 0 Å². The van der Waals surface area contributed by atoms with Gasteiger partial charge in [0.15, 0.2) is 0 Å². The van der Waals surface area contributed by atoms with Crippen molar-refractivity contribution >= 4 is 5.91 Å². The molecular formula is C14H25N5O. The Bertz CT molecular complexity index is 460. The summed E-state index contributed by atoms with van der Waals surface area (Å²) < 4.78 is 0. The second kappa shape index (κ2) is 5.91. The number of aromatic nitrogens is 3. The number of nitrogens with zero attached hydrogens (tertiary/aromatic N) is 3. The van der Waals surface area contributed by atoms with Crippen LogP contribution in [0.15, 0.2) is 0 Å². The Morgan fingerprint density at radius 2 is 2.25 bits per heavy atom. The molecule has 0 aromatic carbocycles. The summed E-state index contributed by atoms with van der Waals surface area (Å²) in [5, 5.41) is 6.95. The van der Waals surface area contributed by atoms with Crippen LogP contribution < -0.4 is 5.73 Å². The highest BCUT2D eigenvalue weighted by Gasteiger charge is 2.28. The average molecular weight is 279 g/mol. The molecule has 1 unspecified atom stereocenters. The zero-order valence-corrected chi connectivity index (χ0v) is 12.6. The lowest BCUT2D eigenvalue weighted by Crippen LogP contribution is -2.40. The van der Waals surface area contributed by atoms with Crippen LogP contribution in [-0.2, 0) is 5.41 Å². The van der Waals surface area contributed by atoms with Crippen molar-refractivity contribution in [2.24, 2.45) is 11.7 Å².